The molecule has 0 aliphatic carbocycles. The summed E-state index contributed by atoms with van der Waals surface area (Å²) in [6.45, 7) is 1.86. The molecule has 1 amide bonds. The molecule has 0 radical (unpaired) electrons. The Bertz CT molecular complexity index is 791. The summed E-state index contributed by atoms with van der Waals surface area (Å²) >= 11 is 5.72. The quantitative estimate of drug-likeness (QED) is 0.465. The molecule has 0 aliphatic rings. The van der Waals surface area contributed by atoms with E-state index >= 15 is 0 Å². The molecule has 0 aliphatic heterocycles. The molecule has 0 spiro atoms. The van der Waals surface area contributed by atoms with Crippen LogP contribution in [-0.4, -0.2) is 23.7 Å². The number of hydrazone groups is 1. The van der Waals surface area contributed by atoms with Crippen molar-refractivity contribution in [1.82, 2.24) is 5.43 Å². The van der Waals surface area contributed by atoms with E-state index in [2.05, 4.69) is 17.5 Å². The van der Waals surface area contributed by atoms with Gasteiger partial charge in [-0.3, -0.25) is 14.9 Å². The number of nitro groups is 1. The Morgan fingerprint density at radius 1 is 1.32 bits per heavy atom. The molecule has 7 nitrogen and oxygen atoms in total. The van der Waals surface area contributed by atoms with Crippen molar-refractivity contribution in [2.45, 2.75) is 13.3 Å². The second-order valence-electron chi connectivity index (χ2n) is 5.05. The number of carbonyl (C=O) groups is 1. The topological polar surface area (TPSA) is 93.8 Å². The lowest BCUT2D eigenvalue weighted by molar-refractivity contribution is -0.384. The van der Waals surface area contributed by atoms with Crippen molar-refractivity contribution >= 4 is 29.4 Å². The summed E-state index contributed by atoms with van der Waals surface area (Å²) in [5.41, 5.74) is 3.68. The van der Waals surface area contributed by atoms with Gasteiger partial charge in [0.1, 0.15) is 10.8 Å². The summed E-state index contributed by atoms with van der Waals surface area (Å²) in [4.78, 5) is 21.9. The molecule has 0 unspecified atom stereocenters. The first-order valence-electron chi connectivity index (χ1n) is 7.47. The molecule has 2 rings (SSSR count). The fourth-order valence-electron chi connectivity index (χ4n) is 1.93. The van der Waals surface area contributed by atoms with Crippen LogP contribution in [0.3, 0.4) is 0 Å². The average molecular weight is 362 g/mol. The monoisotopic (exact) mass is 361 g/mol. The second-order valence-corrected chi connectivity index (χ2v) is 5.45. The maximum Gasteiger partial charge on any atom is 0.288 e. The van der Waals surface area contributed by atoms with Crippen LogP contribution in [0, 0.1) is 10.1 Å². The highest BCUT2D eigenvalue weighted by atomic mass is 35.5. The van der Waals surface area contributed by atoms with E-state index in [0.717, 1.165) is 6.42 Å². The van der Waals surface area contributed by atoms with Crippen molar-refractivity contribution in [3.8, 4) is 5.75 Å². The second kappa shape index (κ2) is 8.79. The molecule has 0 fully saturated rings. The summed E-state index contributed by atoms with van der Waals surface area (Å²) < 4.78 is 5.34. The number of aryl methyl sites for hydroxylation is 1. The first kappa shape index (κ1) is 18.4. The van der Waals surface area contributed by atoms with Gasteiger partial charge in [-0.25, -0.2) is 5.43 Å². The largest absolute Gasteiger partial charge is 0.484 e. The summed E-state index contributed by atoms with van der Waals surface area (Å²) in [6, 6.07) is 11.7. The number of nitrogens with one attached hydrogen (secondary N) is 1. The van der Waals surface area contributed by atoms with E-state index in [1.807, 2.05) is 12.1 Å². The molecule has 0 aromatic heterocycles. The van der Waals surface area contributed by atoms with Gasteiger partial charge in [-0.15, -0.1) is 0 Å². The molecule has 2 aromatic carbocycles. The van der Waals surface area contributed by atoms with E-state index in [9.17, 15) is 14.9 Å². The maximum absolute atomic E-state index is 11.7. The predicted octanol–water partition coefficient (Wildman–Crippen LogP) is 3.34. The number of ether oxygens (including phenoxy) is 1. The molecule has 2 aromatic rings. The molecule has 0 atom stereocenters. The minimum Gasteiger partial charge on any atom is -0.484 e. The SMILES string of the molecule is CCc1ccc(OCC(=O)NN=Cc2ccc(Cl)c([N+](=O)[O-])c2)cc1. The molecule has 0 saturated carbocycles. The number of hydrogen-bond donors (Lipinski definition) is 1. The zero-order chi connectivity index (χ0) is 18.2. The molecule has 0 heterocycles. The van der Waals surface area contributed by atoms with Crippen molar-refractivity contribution in [1.29, 1.82) is 0 Å². The van der Waals surface area contributed by atoms with Crippen LogP contribution in [0.1, 0.15) is 18.1 Å². The Morgan fingerprint density at radius 3 is 2.68 bits per heavy atom. The van der Waals surface area contributed by atoms with Gasteiger partial charge in [-0.05, 0) is 30.2 Å². The molecular weight excluding hydrogens is 346 g/mol. The smallest absolute Gasteiger partial charge is 0.288 e. The minimum absolute atomic E-state index is 0.0358. The molecule has 130 valence electrons. The summed E-state index contributed by atoms with van der Waals surface area (Å²) in [7, 11) is 0. The van der Waals surface area contributed by atoms with Gasteiger partial charge in [0.2, 0.25) is 0 Å². The Labute approximate surface area is 149 Å². The Balaban J connectivity index is 1.85. The summed E-state index contributed by atoms with van der Waals surface area (Å²) in [5.74, 6) is 0.143. The molecule has 8 heteroatoms. The van der Waals surface area contributed by atoms with Gasteiger partial charge in [-0.2, -0.15) is 5.10 Å². The van der Waals surface area contributed by atoms with Gasteiger partial charge in [-0.1, -0.05) is 36.7 Å². The van der Waals surface area contributed by atoms with Crippen LogP contribution in [0.25, 0.3) is 0 Å². The van der Waals surface area contributed by atoms with Crippen molar-refractivity contribution in [2.75, 3.05) is 6.61 Å². The highest BCUT2D eigenvalue weighted by molar-refractivity contribution is 6.32. The molecule has 25 heavy (non-hydrogen) atoms. The van der Waals surface area contributed by atoms with Crippen molar-refractivity contribution in [2.24, 2.45) is 5.10 Å². The van der Waals surface area contributed by atoms with Crippen LogP contribution in [0.15, 0.2) is 47.6 Å². The lowest BCUT2D eigenvalue weighted by Gasteiger charge is -2.05. The average Bonchev–Trinajstić information content (AvgIpc) is 2.61. The summed E-state index contributed by atoms with van der Waals surface area (Å²) in [5, 5.41) is 14.6. The number of nitro benzene ring substituents is 1. The molecule has 0 saturated heterocycles. The Kier molecular flexibility index (Phi) is 6.47. The van der Waals surface area contributed by atoms with E-state index in [-0.39, 0.29) is 17.3 Å². The molecular formula is C17H16ClN3O4. The highest BCUT2D eigenvalue weighted by Gasteiger charge is 2.11. The van der Waals surface area contributed by atoms with Crippen molar-refractivity contribution < 1.29 is 14.5 Å². The van der Waals surface area contributed by atoms with Crippen molar-refractivity contribution in [3.05, 3.63) is 68.7 Å². The van der Waals surface area contributed by atoms with Crippen LogP contribution in [0.5, 0.6) is 5.75 Å². The maximum atomic E-state index is 11.7. The third kappa shape index (κ3) is 5.58. The van der Waals surface area contributed by atoms with Gasteiger partial charge in [0, 0.05) is 11.6 Å². The van der Waals surface area contributed by atoms with Crippen LogP contribution in [0.4, 0.5) is 5.69 Å². The van der Waals surface area contributed by atoms with Gasteiger partial charge < -0.3 is 4.74 Å². The van der Waals surface area contributed by atoms with Crippen LogP contribution in [0.2, 0.25) is 5.02 Å². The highest BCUT2D eigenvalue weighted by Crippen LogP contribution is 2.24. The minimum atomic E-state index is -0.587. The zero-order valence-electron chi connectivity index (χ0n) is 13.4. The number of halogens is 1. The number of rotatable bonds is 7. The first-order chi connectivity index (χ1) is 12.0. The number of nitrogens with zero attached hydrogens (tertiary/aromatic N) is 2. The number of hydrogen-bond acceptors (Lipinski definition) is 5. The van der Waals surface area contributed by atoms with Gasteiger partial charge in [0.15, 0.2) is 6.61 Å². The van der Waals surface area contributed by atoms with E-state index in [4.69, 9.17) is 16.3 Å². The van der Waals surface area contributed by atoms with Gasteiger partial charge in [0.05, 0.1) is 11.1 Å². The molecule has 0 bridgehead atoms. The predicted molar refractivity (Wildman–Crippen MR) is 95.2 cm³/mol. The number of benzene rings is 2. The Hall–Kier alpha value is -2.93. The van der Waals surface area contributed by atoms with Crippen molar-refractivity contribution in [3.63, 3.8) is 0 Å². The van der Waals surface area contributed by atoms with Gasteiger partial charge in [0.25, 0.3) is 11.6 Å². The summed E-state index contributed by atoms with van der Waals surface area (Å²) in [6.07, 6.45) is 2.22. The first-order valence-corrected chi connectivity index (χ1v) is 7.85. The zero-order valence-corrected chi connectivity index (χ0v) is 14.2. The number of amides is 1. The van der Waals surface area contributed by atoms with E-state index in [0.29, 0.717) is 11.3 Å². The van der Waals surface area contributed by atoms with Gasteiger partial charge >= 0.3 is 0 Å². The fourth-order valence-corrected chi connectivity index (χ4v) is 2.12. The van der Waals surface area contributed by atoms with E-state index < -0.39 is 10.8 Å². The fraction of sp³-hybridized carbons (Fsp3) is 0.176. The third-order valence-electron chi connectivity index (χ3n) is 3.27. The standard InChI is InChI=1S/C17H16ClN3O4/c1-2-12-3-6-14(7-4-12)25-11-17(22)20-19-10-13-5-8-15(18)16(9-13)21(23)24/h3-10H,2,11H2,1H3,(H,20,22). The third-order valence-corrected chi connectivity index (χ3v) is 3.59. The van der Waals surface area contributed by atoms with Crippen LogP contribution < -0.4 is 10.2 Å². The lowest BCUT2D eigenvalue weighted by Crippen LogP contribution is -2.24. The van der Waals surface area contributed by atoms with E-state index in [1.54, 1.807) is 18.2 Å². The van der Waals surface area contributed by atoms with E-state index in [1.165, 1.54) is 23.9 Å². The lowest BCUT2D eigenvalue weighted by atomic mass is 10.2. The van der Waals surface area contributed by atoms with Crippen LogP contribution in [-0.2, 0) is 11.2 Å². The Morgan fingerprint density at radius 2 is 2.04 bits per heavy atom. The number of carbonyl (C=O) groups excluding carboxylic acids is 1. The van der Waals surface area contributed by atoms with Crippen LogP contribution >= 0.6 is 11.6 Å². The molecule has 1 N–H and O–H groups in total. The normalized spacial score (nSPS) is 10.6.